The van der Waals surface area contributed by atoms with Gasteiger partial charge in [-0.25, -0.2) is 0 Å². The summed E-state index contributed by atoms with van der Waals surface area (Å²) in [6, 6.07) is 1.37. The Morgan fingerprint density at radius 1 is 1.31 bits per heavy atom. The molecule has 1 fully saturated rings. The number of carbonyl (C=O) groups excluding carboxylic acids is 1. The zero-order valence-electron chi connectivity index (χ0n) is 11.1. The Hall–Kier alpha value is -0.610. The second kappa shape index (κ2) is 5.64. The number of carbonyl (C=O) groups is 1. The fraction of sp³-hybridized carbons (Fsp3) is 0.917. The molecule has 0 unspecified atom stereocenters. The lowest BCUT2D eigenvalue weighted by atomic mass is 10.1. The van der Waals surface area contributed by atoms with E-state index in [0.29, 0.717) is 18.1 Å². The van der Waals surface area contributed by atoms with Gasteiger partial charge in [-0.3, -0.25) is 9.69 Å². The van der Waals surface area contributed by atoms with E-state index in [2.05, 4.69) is 32.6 Å². The van der Waals surface area contributed by atoms with Crippen molar-refractivity contribution in [2.45, 2.75) is 45.8 Å². The van der Waals surface area contributed by atoms with Crippen molar-refractivity contribution in [3.63, 3.8) is 0 Å². The quantitative estimate of drug-likeness (QED) is 0.721. The molecule has 0 N–H and O–H groups in total. The van der Waals surface area contributed by atoms with E-state index in [0.717, 1.165) is 13.1 Å². The summed E-state index contributed by atoms with van der Waals surface area (Å²) >= 11 is 0. The third-order valence-corrected chi connectivity index (χ3v) is 3.20. The molecule has 2 atom stereocenters. The lowest BCUT2D eigenvalue weighted by Crippen LogP contribution is -2.60. The van der Waals surface area contributed by atoms with Crippen LogP contribution >= 0.6 is 0 Å². The molecule has 0 aromatic heterocycles. The maximum absolute atomic E-state index is 11.7. The van der Waals surface area contributed by atoms with Crippen LogP contribution in [-0.2, 0) is 9.53 Å². The third-order valence-electron chi connectivity index (χ3n) is 3.20. The molecule has 0 saturated carbocycles. The zero-order chi connectivity index (χ0) is 12.3. The lowest BCUT2D eigenvalue weighted by Gasteiger charge is -2.46. The van der Waals surface area contributed by atoms with Gasteiger partial charge >= 0.3 is 0 Å². The van der Waals surface area contributed by atoms with Crippen LogP contribution in [-0.4, -0.2) is 60.6 Å². The molecule has 0 aliphatic carbocycles. The lowest BCUT2D eigenvalue weighted by molar-refractivity contribution is -0.140. The first kappa shape index (κ1) is 13.5. The molecule has 1 saturated heterocycles. The maximum atomic E-state index is 11.7. The second-order valence-corrected chi connectivity index (χ2v) is 4.97. The van der Waals surface area contributed by atoms with Crippen molar-refractivity contribution >= 4 is 5.91 Å². The largest absolute Gasteiger partial charge is 0.375 e. The van der Waals surface area contributed by atoms with Gasteiger partial charge in [0.2, 0.25) is 5.91 Å². The topological polar surface area (TPSA) is 32.8 Å². The van der Waals surface area contributed by atoms with E-state index in [9.17, 15) is 4.79 Å². The third kappa shape index (κ3) is 2.95. The van der Waals surface area contributed by atoms with Gasteiger partial charge in [-0.05, 0) is 27.7 Å². The molecule has 1 heterocycles. The van der Waals surface area contributed by atoms with Gasteiger partial charge < -0.3 is 9.64 Å². The van der Waals surface area contributed by atoms with Crippen molar-refractivity contribution in [3.05, 3.63) is 0 Å². The molecule has 1 rings (SSSR count). The van der Waals surface area contributed by atoms with Gasteiger partial charge in [0.25, 0.3) is 0 Å². The minimum Gasteiger partial charge on any atom is -0.375 e. The minimum absolute atomic E-state index is 0.101. The Morgan fingerprint density at radius 3 is 2.19 bits per heavy atom. The highest BCUT2D eigenvalue weighted by atomic mass is 16.5. The van der Waals surface area contributed by atoms with Crippen LogP contribution in [0.15, 0.2) is 0 Å². The molecule has 0 radical (unpaired) electrons. The summed E-state index contributed by atoms with van der Waals surface area (Å²) in [5.41, 5.74) is 0. The molecule has 4 nitrogen and oxygen atoms in total. The highest BCUT2D eigenvalue weighted by molar-refractivity contribution is 5.77. The summed E-state index contributed by atoms with van der Waals surface area (Å²) in [6.45, 7) is 10.6. The average Bonchev–Trinajstić information content (AvgIpc) is 2.16. The van der Waals surface area contributed by atoms with Crippen LogP contribution in [0.1, 0.15) is 27.7 Å². The van der Waals surface area contributed by atoms with Crippen molar-refractivity contribution < 1.29 is 9.53 Å². The predicted molar refractivity (Wildman–Crippen MR) is 64.4 cm³/mol. The Kier molecular flexibility index (Phi) is 4.74. The van der Waals surface area contributed by atoms with Crippen LogP contribution in [0.3, 0.4) is 0 Å². The fourth-order valence-electron chi connectivity index (χ4n) is 2.77. The summed E-state index contributed by atoms with van der Waals surface area (Å²) in [5.74, 6) is 0.101. The Balaban J connectivity index is 2.62. The predicted octanol–water partition coefficient (Wildman–Crippen LogP) is 0.962. The van der Waals surface area contributed by atoms with Gasteiger partial charge in [0.15, 0.2) is 0 Å². The summed E-state index contributed by atoms with van der Waals surface area (Å²) in [4.78, 5) is 16.1. The number of piperazine rings is 1. The van der Waals surface area contributed by atoms with Crippen LogP contribution in [0.2, 0.25) is 0 Å². The van der Waals surface area contributed by atoms with E-state index < -0.39 is 0 Å². The SMILES string of the molecule is COCC(=O)N1C[C@@H](C)N(C(C)C)[C@@H](C)C1. The first-order valence-electron chi connectivity index (χ1n) is 6.01. The van der Waals surface area contributed by atoms with Gasteiger partial charge in [0, 0.05) is 38.3 Å². The van der Waals surface area contributed by atoms with Crippen molar-refractivity contribution in [3.8, 4) is 0 Å². The number of nitrogens with zero attached hydrogens (tertiary/aromatic N) is 2. The summed E-state index contributed by atoms with van der Waals surface area (Å²) in [6.07, 6.45) is 0. The molecule has 4 heteroatoms. The number of hydrogen-bond acceptors (Lipinski definition) is 3. The zero-order valence-corrected chi connectivity index (χ0v) is 11.1. The highest BCUT2D eigenvalue weighted by Gasteiger charge is 2.32. The molecule has 1 aliphatic heterocycles. The maximum Gasteiger partial charge on any atom is 0.248 e. The molecular weight excluding hydrogens is 204 g/mol. The van der Waals surface area contributed by atoms with Crippen LogP contribution in [0.4, 0.5) is 0 Å². The van der Waals surface area contributed by atoms with Crippen molar-refractivity contribution in [1.82, 2.24) is 9.80 Å². The van der Waals surface area contributed by atoms with Crippen LogP contribution in [0.25, 0.3) is 0 Å². The van der Waals surface area contributed by atoms with E-state index in [1.165, 1.54) is 0 Å². The smallest absolute Gasteiger partial charge is 0.248 e. The normalized spacial score (nSPS) is 27.5. The summed E-state index contributed by atoms with van der Waals surface area (Å²) < 4.78 is 4.90. The molecule has 1 amide bonds. The van der Waals surface area contributed by atoms with Gasteiger partial charge in [-0.2, -0.15) is 0 Å². The van der Waals surface area contributed by atoms with Gasteiger partial charge in [-0.1, -0.05) is 0 Å². The average molecular weight is 228 g/mol. The molecule has 0 aromatic rings. The Labute approximate surface area is 98.5 Å². The number of methoxy groups -OCH3 is 1. The fourth-order valence-corrected chi connectivity index (χ4v) is 2.77. The Morgan fingerprint density at radius 2 is 1.81 bits per heavy atom. The number of ether oxygens (including phenoxy) is 1. The Bertz CT molecular complexity index is 231. The van der Waals surface area contributed by atoms with Crippen LogP contribution < -0.4 is 0 Å². The van der Waals surface area contributed by atoms with Crippen molar-refractivity contribution in [1.29, 1.82) is 0 Å². The van der Waals surface area contributed by atoms with Crippen LogP contribution in [0.5, 0.6) is 0 Å². The van der Waals surface area contributed by atoms with Crippen molar-refractivity contribution in [2.24, 2.45) is 0 Å². The highest BCUT2D eigenvalue weighted by Crippen LogP contribution is 2.18. The standard InChI is InChI=1S/C12H24N2O2/c1-9(2)14-10(3)6-13(7-11(14)4)12(15)8-16-5/h9-11H,6-8H2,1-5H3/t10-,11+. The summed E-state index contributed by atoms with van der Waals surface area (Å²) in [5, 5.41) is 0. The van der Waals surface area contributed by atoms with E-state index in [4.69, 9.17) is 4.74 Å². The first-order chi connectivity index (χ1) is 7.47. The number of hydrogen-bond donors (Lipinski definition) is 0. The number of rotatable bonds is 3. The van der Waals surface area contributed by atoms with E-state index >= 15 is 0 Å². The molecule has 0 spiro atoms. The van der Waals surface area contributed by atoms with E-state index in [1.807, 2.05) is 4.90 Å². The molecule has 16 heavy (non-hydrogen) atoms. The van der Waals surface area contributed by atoms with Gasteiger partial charge in [0.05, 0.1) is 0 Å². The molecular formula is C12H24N2O2. The minimum atomic E-state index is 0.101. The molecule has 1 aliphatic rings. The van der Waals surface area contributed by atoms with Crippen molar-refractivity contribution in [2.75, 3.05) is 26.8 Å². The molecule has 94 valence electrons. The van der Waals surface area contributed by atoms with Gasteiger partial charge in [-0.15, -0.1) is 0 Å². The van der Waals surface area contributed by atoms with Crippen LogP contribution in [0, 0.1) is 0 Å². The molecule has 0 aromatic carbocycles. The number of amides is 1. The monoisotopic (exact) mass is 228 g/mol. The van der Waals surface area contributed by atoms with Gasteiger partial charge in [0.1, 0.15) is 6.61 Å². The molecule has 0 bridgehead atoms. The summed E-state index contributed by atoms with van der Waals surface area (Å²) in [7, 11) is 1.56. The first-order valence-corrected chi connectivity index (χ1v) is 6.01. The second-order valence-electron chi connectivity index (χ2n) is 4.97. The van der Waals surface area contributed by atoms with E-state index in [-0.39, 0.29) is 12.5 Å². The van der Waals surface area contributed by atoms with E-state index in [1.54, 1.807) is 7.11 Å².